The number of nitrogens with zero attached hydrogens (tertiary/aromatic N) is 2. The topological polar surface area (TPSA) is 46.0 Å². The van der Waals surface area contributed by atoms with Crippen LogP contribution in [-0.4, -0.2) is 15.1 Å². The van der Waals surface area contributed by atoms with Gasteiger partial charge in [0.2, 0.25) is 0 Å². The van der Waals surface area contributed by atoms with Crippen LogP contribution >= 0.6 is 0 Å². The molecule has 0 bridgehead atoms. The second-order valence-corrected chi connectivity index (χ2v) is 4.24. The van der Waals surface area contributed by atoms with Crippen LogP contribution < -0.4 is 0 Å². The van der Waals surface area contributed by atoms with Gasteiger partial charge in [-0.05, 0) is 42.0 Å². The largest absolute Gasteiger partial charge is 0.508 e. The average molecular weight is 236 g/mol. The predicted molar refractivity (Wildman–Crippen MR) is 71.4 cm³/mol. The first-order valence-corrected chi connectivity index (χ1v) is 5.75. The Labute approximate surface area is 105 Å². The van der Waals surface area contributed by atoms with Gasteiger partial charge in [0.25, 0.3) is 0 Å². The maximum absolute atomic E-state index is 9.43. The minimum atomic E-state index is 0.285. The lowest BCUT2D eigenvalue weighted by molar-refractivity contribution is 0.476. The second kappa shape index (κ2) is 4.11. The van der Waals surface area contributed by atoms with Gasteiger partial charge in [-0.3, -0.25) is 0 Å². The number of rotatable bonds is 1. The smallest absolute Gasteiger partial charge is 0.125 e. The van der Waals surface area contributed by atoms with Crippen molar-refractivity contribution < 1.29 is 5.11 Å². The van der Waals surface area contributed by atoms with Crippen molar-refractivity contribution in [2.24, 2.45) is 0 Å². The number of fused-ring (bicyclic) bond motifs is 1. The van der Waals surface area contributed by atoms with Crippen LogP contribution in [0.3, 0.4) is 0 Å². The molecule has 3 heteroatoms. The quantitative estimate of drug-likeness (QED) is 0.705. The van der Waals surface area contributed by atoms with Gasteiger partial charge in [0.05, 0.1) is 5.69 Å². The van der Waals surface area contributed by atoms with Crippen LogP contribution in [0.1, 0.15) is 5.82 Å². The van der Waals surface area contributed by atoms with Gasteiger partial charge in [-0.25, -0.2) is 9.97 Å². The van der Waals surface area contributed by atoms with Crippen LogP contribution in [0.15, 0.2) is 48.7 Å². The molecular weight excluding hydrogens is 224 g/mol. The van der Waals surface area contributed by atoms with E-state index in [2.05, 4.69) is 16.0 Å². The highest BCUT2D eigenvalue weighted by Crippen LogP contribution is 2.25. The normalized spacial score (nSPS) is 10.7. The molecule has 0 radical (unpaired) electrons. The van der Waals surface area contributed by atoms with Gasteiger partial charge in [0, 0.05) is 11.8 Å². The molecule has 3 nitrogen and oxygen atoms in total. The first-order chi connectivity index (χ1) is 8.72. The Morgan fingerprint density at radius 1 is 0.944 bits per heavy atom. The van der Waals surface area contributed by atoms with Crippen molar-refractivity contribution in [2.45, 2.75) is 6.92 Å². The van der Waals surface area contributed by atoms with Crippen molar-refractivity contribution in [3.05, 3.63) is 54.5 Å². The average Bonchev–Trinajstić information content (AvgIpc) is 2.38. The standard InChI is InChI=1S/C15H12N2O/c1-10-16-7-6-15(17-10)13-3-2-12-9-14(18)5-4-11(12)8-13/h2-9,18H,1H3. The molecule has 0 aliphatic carbocycles. The van der Waals surface area contributed by atoms with E-state index in [1.54, 1.807) is 18.3 Å². The van der Waals surface area contributed by atoms with E-state index in [9.17, 15) is 5.11 Å². The molecule has 3 aromatic rings. The molecule has 0 aliphatic heterocycles. The zero-order valence-electron chi connectivity index (χ0n) is 9.96. The molecule has 18 heavy (non-hydrogen) atoms. The molecule has 0 atom stereocenters. The van der Waals surface area contributed by atoms with Crippen molar-refractivity contribution in [3.63, 3.8) is 0 Å². The van der Waals surface area contributed by atoms with E-state index in [-0.39, 0.29) is 5.75 Å². The fourth-order valence-corrected chi connectivity index (χ4v) is 2.01. The molecule has 0 amide bonds. The van der Waals surface area contributed by atoms with Gasteiger partial charge >= 0.3 is 0 Å². The lowest BCUT2D eigenvalue weighted by Crippen LogP contribution is -1.89. The Balaban J connectivity index is 2.16. The van der Waals surface area contributed by atoms with Gasteiger partial charge in [-0.1, -0.05) is 18.2 Å². The third-order valence-corrected chi connectivity index (χ3v) is 2.90. The lowest BCUT2D eigenvalue weighted by Gasteiger charge is -2.04. The molecule has 1 aromatic heterocycles. The Bertz CT molecular complexity index is 723. The van der Waals surface area contributed by atoms with Crippen molar-refractivity contribution in [1.29, 1.82) is 0 Å². The summed E-state index contributed by atoms with van der Waals surface area (Å²) in [4.78, 5) is 8.50. The molecule has 1 N–H and O–H groups in total. The van der Waals surface area contributed by atoms with E-state index < -0.39 is 0 Å². The number of aryl methyl sites for hydroxylation is 1. The maximum Gasteiger partial charge on any atom is 0.125 e. The van der Waals surface area contributed by atoms with Crippen LogP contribution in [0.5, 0.6) is 5.75 Å². The van der Waals surface area contributed by atoms with Crippen LogP contribution in [0, 0.1) is 6.92 Å². The maximum atomic E-state index is 9.43. The number of aromatic hydroxyl groups is 1. The Morgan fingerprint density at radius 2 is 1.72 bits per heavy atom. The Hall–Kier alpha value is -2.42. The summed E-state index contributed by atoms with van der Waals surface area (Å²) < 4.78 is 0. The summed E-state index contributed by atoms with van der Waals surface area (Å²) >= 11 is 0. The van der Waals surface area contributed by atoms with Crippen LogP contribution in [0.25, 0.3) is 22.0 Å². The summed E-state index contributed by atoms with van der Waals surface area (Å²) in [6.07, 6.45) is 1.76. The number of hydrogen-bond donors (Lipinski definition) is 1. The summed E-state index contributed by atoms with van der Waals surface area (Å²) in [6.45, 7) is 1.88. The second-order valence-electron chi connectivity index (χ2n) is 4.24. The van der Waals surface area contributed by atoms with Crippen molar-refractivity contribution in [2.75, 3.05) is 0 Å². The lowest BCUT2D eigenvalue weighted by atomic mass is 10.0. The third-order valence-electron chi connectivity index (χ3n) is 2.90. The molecular formula is C15H12N2O. The van der Waals surface area contributed by atoms with Gasteiger partial charge < -0.3 is 5.11 Å². The molecule has 0 fully saturated rings. The van der Waals surface area contributed by atoms with Crippen molar-refractivity contribution in [3.8, 4) is 17.0 Å². The van der Waals surface area contributed by atoms with Crippen molar-refractivity contribution >= 4 is 10.8 Å². The summed E-state index contributed by atoms with van der Waals surface area (Å²) in [6, 6.07) is 13.3. The zero-order valence-corrected chi connectivity index (χ0v) is 9.96. The summed E-state index contributed by atoms with van der Waals surface area (Å²) in [5, 5.41) is 11.5. The minimum absolute atomic E-state index is 0.285. The molecule has 0 aliphatic rings. The Kier molecular flexibility index (Phi) is 2.45. The summed E-state index contributed by atoms with van der Waals surface area (Å²) in [7, 11) is 0. The molecule has 0 unspecified atom stereocenters. The fraction of sp³-hybridized carbons (Fsp3) is 0.0667. The van der Waals surface area contributed by atoms with Crippen LogP contribution in [-0.2, 0) is 0 Å². The minimum Gasteiger partial charge on any atom is -0.508 e. The van der Waals surface area contributed by atoms with E-state index in [1.165, 1.54) is 0 Å². The number of hydrogen-bond acceptors (Lipinski definition) is 3. The van der Waals surface area contributed by atoms with Gasteiger partial charge in [-0.15, -0.1) is 0 Å². The van der Waals surface area contributed by atoms with Crippen molar-refractivity contribution in [1.82, 2.24) is 9.97 Å². The molecule has 0 saturated carbocycles. The highest BCUT2D eigenvalue weighted by atomic mass is 16.3. The molecule has 3 rings (SSSR count). The first kappa shape index (κ1) is 10.7. The molecule has 88 valence electrons. The first-order valence-electron chi connectivity index (χ1n) is 5.75. The molecule has 0 saturated heterocycles. The Morgan fingerprint density at radius 3 is 2.56 bits per heavy atom. The number of benzene rings is 2. The summed E-state index contributed by atoms with van der Waals surface area (Å²) in [5.74, 6) is 1.05. The predicted octanol–water partition coefficient (Wildman–Crippen LogP) is 3.31. The molecule has 0 spiro atoms. The zero-order chi connectivity index (χ0) is 12.5. The monoisotopic (exact) mass is 236 g/mol. The number of phenols is 1. The van der Waals surface area contributed by atoms with Gasteiger partial charge in [0.15, 0.2) is 0 Å². The highest BCUT2D eigenvalue weighted by molar-refractivity contribution is 5.87. The van der Waals surface area contributed by atoms with Crippen LogP contribution in [0.4, 0.5) is 0 Å². The van der Waals surface area contributed by atoms with E-state index in [0.29, 0.717) is 0 Å². The SMILES string of the molecule is Cc1nccc(-c2ccc3cc(O)ccc3c2)n1. The van der Waals surface area contributed by atoms with Gasteiger partial charge in [0.1, 0.15) is 11.6 Å². The van der Waals surface area contributed by atoms with Crippen LogP contribution in [0.2, 0.25) is 0 Å². The van der Waals surface area contributed by atoms with E-state index in [1.807, 2.05) is 31.2 Å². The number of phenolic OH excluding ortho intramolecular Hbond substituents is 1. The van der Waals surface area contributed by atoms with E-state index in [0.717, 1.165) is 27.9 Å². The van der Waals surface area contributed by atoms with Gasteiger partial charge in [-0.2, -0.15) is 0 Å². The molecule has 1 heterocycles. The fourth-order valence-electron chi connectivity index (χ4n) is 2.01. The number of aromatic nitrogens is 2. The van der Waals surface area contributed by atoms with E-state index >= 15 is 0 Å². The van der Waals surface area contributed by atoms with E-state index in [4.69, 9.17) is 0 Å². The highest BCUT2D eigenvalue weighted by Gasteiger charge is 2.02. The summed E-state index contributed by atoms with van der Waals surface area (Å²) in [5.41, 5.74) is 1.97. The third kappa shape index (κ3) is 1.91. The molecule has 2 aromatic carbocycles.